The Hall–Kier alpha value is -0.850. The van der Waals surface area contributed by atoms with Crippen molar-refractivity contribution in [2.45, 2.75) is 41.0 Å². The second-order valence-electron chi connectivity index (χ2n) is 5.24. The van der Waals surface area contributed by atoms with Gasteiger partial charge in [-0.25, -0.2) is 0 Å². The third kappa shape index (κ3) is 2.58. The minimum absolute atomic E-state index is 0.0571. The van der Waals surface area contributed by atoms with Gasteiger partial charge in [-0.1, -0.05) is 44.6 Å². The molecule has 1 aliphatic carbocycles. The molecule has 1 aliphatic rings. The van der Waals surface area contributed by atoms with Gasteiger partial charge in [0.15, 0.2) is 0 Å². The highest BCUT2D eigenvalue weighted by Gasteiger charge is 2.32. The Morgan fingerprint density at radius 2 is 2.20 bits per heavy atom. The minimum atomic E-state index is 0.0571. The highest BCUT2D eigenvalue weighted by Crippen LogP contribution is 2.43. The van der Waals surface area contributed by atoms with E-state index in [9.17, 15) is 4.79 Å². The molecule has 0 fully saturated rings. The van der Waals surface area contributed by atoms with E-state index < -0.39 is 0 Å². The summed E-state index contributed by atoms with van der Waals surface area (Å²) in [4.78, 5) is 11.1. The summed E-state index contributed by atoms with van der Waals surface area (Å²) in [5.41, 5.74) is 1.72. The van der Waals surface area contributed by atoms with Gasteiger partial charge >= 0.3 is 0 Å². The third-order valence-electron chi connectivity index (χ3n) is 3.89. The lowest BCUT2D eigenvalue weighted by Crippen LogP contribution is -2.18. The molecule has 2 atom stereocenters. The molecule has 0 aromatic carbocycles. The number of Topliss-reactive ketones (excluding diaryl/α,β-unsaturated/α-hetero) is 1. The summed E-state index contributed by atoms with van der Waals surface area (Å²) < 4.78 is 0. The zero-order valence-electron chi connectivity index (χ0n) is 10.5. The molecule has 0 saturated carbocycles. The molecule has 0 N–H and O–H groups in total. The Bertz CT molecular complexity index is 307. The molecule has 0 aliphatic heterocycles. The predicted octanol–water partition coefficient (Wildman–Crippen LogP) is 3.76. The van der Waals surface area contributed by atoms with Crippen molar-refractivity contribution in [3.8, 4) is 0 Å². The number of hydrogen-bond donors (Lipinski definition) is 0. The van der Waals surface area contributed by atoms with Gasteiger partial charge in [-0.05, 0) is 31.6 Å². The largest absolute Gasteiger partial charge is 0.299 e. The second-order valence-corrected chi connectivity index (χ2v) is 5.24. The van der Waals surface area contributed by atoms with Crippen molar-refractivity contribution in [3.05, 3.63) is 23.8 Å². The number of ketones is 1. The fourth-order valence-corrected chi connectivity index (χ4v) is 1.91. The van der Waals surface area contributed by atoms with E-state index in [0.29, 0.717) is 5.92 Å². The average molecular weight is 206 g/mol. The van der Waals surface area contributed by atoms with Crippen LogP contribution in [0.4, 0.5) is 0 Å². The van der Waals surface area contributed by atoms with E-state index in [2.05, 4.69) is 39.0 Å². The molecule has 0 aromatic heterocycles. The van der Waals surface area contributed by atoms with Crippen molar-refractivity contribution in [2.24, 2.45) is 17.3 Å². The van der Waals surface area contributed by atoms with Gasteiger partial charge in [0.1, 0.15) is 5.78 Å². The van der Waals surface area contributed by atoms with Crippen LogP contribution in [-0.2, 0) is 4.79 Å². The highest BCUT2D eigenvalue weighted by atomic mass is 16.1. The maximum Gasteiger partial charge on any atom is 0.136 e. The summed E-state index contributed by atoms with van der Waals surface area (Å²) in [6.45, 7) is 10.4. The van der Waals surface area contributed by atoms with Gasteiger partial charge in [0, 0.05) is 5.92 Å². The van der Waals surface area contributed by atoms with E-state index in [1.54, 1.807) is 6.92 Å². The number of allylic oxidation sites excluding steroid dienone is 4. The number of hydrogen-bond acceptors (Lipinski definition) is 1. The smallest absolute Gasteiger partial charge is 0.136 e. The van der Waals surface area contributed by atoms with Gasteiger partial charge < -0.3 is 0 Å². The Labute approximate surface area is 93.3 Å². The SMILES string of the molecule is CC(=O)C(C)/C=C\C1CC=C(C)C1(C)C. The van der Waals surface area contributed by atoms with Crippen LogP contribution in [0.2, 0.25) is 0 Å². The lowest BCUT2D eigenvalue weighted by atomic mass is 9.77. The van der Waals surface area contributed by atoms with Crippen LogP contribution in [0.5, 0.6) is 0 Å². The molecule has 0 radical (unpaired) electrons. The quantitative estimate of drug-likeness (QED) is 0.643. The zero-order valence-corrected chi connectivity index (χ0v) is 10.5. The van der Waals surface area contributed by atoms with E-state index in [1.165, 1.54) is 5.57 Å². The molecule has 1 heteroatoms. The molecule has 1 rings (SSSR count). The molecule has 0 spiro atoms. The summed E-state index contributed by atoms with van der Waals surface area (Å²) >= 11 is 0. The third-order valence-corrected chi connectivity index (χ3v) is 3.89. The van der Waals surface area contributed by atoms with Crippen LogP contribution in [0.15, 0.2) is 23.8 Å². The first-order valence-corrected chi connectivity index (χ1v) is 5.71. The minimum Gasteiger partial charge on any atom is -0.299 e. The van der Waals surface area contributed by atoms with Gasteiger partial charge in [0.05, 0.1) is 0 Å². The summed E-state index contributed by atoms with van der Waals surface area (Å²) in [7, 11) is 0. The fourth-order valence-electron chi connectivity index (χ4n) is 1.91. The first-order chi connectivity index (χ1) is 6.85. The molecule has 2 unspecified atom stereocenters. The average Bonchev–Trinajstić information content (AvgIpc) is 2.39. The maximum absolute atomic E-state index is 11.1. The summed E-state index contributed by atoms with van der Waals surface area (Å²) in [6.07, 6.45) is 7.70. The van der Waals surface area contributed by atoms with Crippen LogP contribution in [0.25, 0.3) is 0 Å². The van der Waals surface area contributed by atoms with Crippen molar-refractivity contribution >= 4 is 5.78 Å². The molecule has 0 aromatic rings. The number of carbonyl (C=O) groups is 1. The van der Waals surface area contributed by atoms with Gasteiger partial charge in [-0.3, -0.25) is 4.79 Å². The Morgan fingerprint density at radius 1 is 1.60 bits per heavy atom. The van der Waals surface area contributed by atoms with Crippen molar-refractivity contribution in [2.75, 3.05) is 0 Å². The Kier molecular flexibility index (Phi) is 3.54. The van der Waals surface area contributed by atoms with Gasteiger partial charge in [0.25, 0.3) is 0 Å². The summed E-state index contributed by atoms with van der Waals surface area (Å²) in [6, 6.07) is 0. The van der Waals surface area contributed by atoms with E-state index in [-0.39, 0.29) is 17.1 Å². The van der Waals surface area contributed by atoms with Crippen LogP contribution in [0, 0.1) is 17.3 Å². The normalized spacial score (nSPS) is 26.7. The Balaban J connectivity index is 2.66. The lowest BCUT2D eigenvalue weighted by Gasteiger charge is -2.27. The molecule has 0 saturated heterocycles. The zero-order chi connectivity index (χ0) is 11.6. The van der Waals surface area contributed by atoms with Crippen LogP contribution >= 0.6 is 0 Å². The Morgan fingerprint density at radius 3 is 2.60 bits per heavy atom. The van der Waals surface area contributed by atoms with E-state index in [4.69, 9.17) is 0 Å². The van der Waals surface area contributed by atoms with Crippen molar-refractivity contribution in [3.63, 3.8) is 0 Å². The molecule has 0 amide bonds. The van der Waals surface area contributed by atoms with Crippen molar-refractivity contribution in [1.82, 2.24) is 0 Å². The predicted molar refractivity (Wildman–Crippen MR) is 64.6 cm³/mol. The van der Waals surface area contributed by atoms with Gasteiger partial charge in [0.2, 0.25) is 0 Å². The standard InChI is InChI=1S/C14H22O/c1-10(12(3)15)6-8-13-9-7-11(2)14(13,4)5/h6-8,10,13H,9H2,1-5H3/b8-6-. The molecule has 1 nitrogen and oxygen atoms in total. The molecular weight excluding hydrogens is 184 g/mol. The molecule has 0 bridgehead atoms. The van der Waals surface area contributed by atoms with E-state index >= 15 is 0 Å². The summed E-state index contributed by atoms with van der Waals surface area (Å²) in [5, 5.41) is 0. The lowest BCUT2D eigenvalue weighted by molar-refractivity contribution is -0.118. The van der Waals surface area contributed by atoms with Crippen molar-refractivity contribution < 1.29 is 4.79 Å². The van der Waals surface area contributed by atoms with Crippen molar-refractivity contribution in [1.29, 1.82) is 0 Å². The second kappa shape index (κ2) is 4.34. The van der Waals surface area contributed by atoms with E-state index in [1.807, 2.05) is 6.92 Å². The van der Waals surface area contributed by atoms with Crippen LogP contribution in [0.1, 0.15) is 41.0 Å². The van der Waals surface area contributed by atoms with E-state index in [0.717, 1.165) is 6.42 Å². The molecule has 0 heterocycles. The monoisotopic (exact) mass is 206 g/mol. The topological polar surface area (TPSA) is 17.1 Å². The van der Waals surface area contributed by atoms with Gasteiger partial charge in [-0.15, -0.1) is 0 Å². The van der Waals surface area contributed by atoms with Crippen LogP contribution < -0.4 is 0 Å². The first kappa shape index (κ1) is 12.2. The molecule has 15 heavy (non-hydrogen) atoms. The summed E-state index contributed by atoms with van der Waals surface area (Å²) in [5.74, 6) is 0.854. The number of carbonyl (C=O) groups excluding carboxylic acids is 1. The van der Waals surface area contributed by atoms with Crippen LogP contribution in [0.3, 0.4) is 0 Å². The maximum atomic E-state index is 11.1. The van der Waals surface area contributed by atoms with Crippen LogP contribution in [-0.4, -0.2) is 5.78 Å². The first-order valence-electron chi connectivity index (χ1n) is 5.71. The fraction of sp³-hybridized carbons (Fsp3) is 0.643. The highest BCUT2D eigenvalue weighted by molar-refractivity contribution is 5.79. The van der Waals surface area contributed by atoms with Gasteiger partial charge in [-0.2, -0.15) is 0 Å². The number of rotatable bonds is 3. The molecule has 84 valence electrons. The molecular formula is C14H22O.